The van der Waals surface area contributed by atoms with Crippen molar-refractivity contribution in [2.24, 2.45) is 5.41 Å². The van der Waals surface area contributed by atoms with Crippen molar-refractivity contribution in [1.29, 1.82) is 0 Å². The van der Waals surface area contributed by atoms with E-state index in [1.165, 1.54) is 6.92 Å². The number of carboxylic acids is 1. The molecule has 76 valence electrons. The van der Waals surface area contributed by atoms with Gasteiger partial charge in [0.25, 0.3) is 0 Å². The lowest BCUT2D eigenvalue weighted by molar-refractivity contribution is -0.146. The van der Waals surface area contributed by atoms with Crippen molar-refractivity contribution < 1.29 is 14.7 Å². The number of hydrogen-bond acceptors (Lipinski definition) is 3. The number of carboxylic acid groups (broad SMARTS) is 1. The maximum atomic E-state index is 11.7. The number of aliphatic carboxylic acids is 1. The van der Waals surface area contributed by atoms with Crippen molar-refractivity contribution in [1.82, 2.24) is 0 Å². The quantitative estimate of drug-likeness (QED) is 0.542. The van der Waals surface area contributed by atoms with E-state index in [-0.39, 0.29) is 5.78 Å². The van der Waals surface area contributed by atoms with Crippen molar-refractivity contribution in [3.8, 4) is 0 Å². The van der Waals surface area contributed by atoms with E-state index in [1.807, 2.05) is 6.92 Å². The van der Waals surface area contributed by atoms with Crippen LogP contribution in [0.15, 0.2) is 0 Å². The molecule has 0 heterocycles. The summed E-state index contributed by atoms with van der Waals surface area (Å²) in [4.78, 5) is 22.4. The standard InChI is InChI=1S/C9H16O3S/c1-5-8(2,3)6(10)9(4,13)7(11)12/h13H,5H2,1-4H3,(H,11,12)/t9-/m0/s1. The maximum Gasteiger partial charge on any atom is 0.326 e. The molecule has 4 heteroatoms. The smallest absolute Gasteiger partial charge is 0.326 e. The van der Waals surface area contributed by atoms with Crippen LogP contribution >= 0.6 is 12.6 Å². The highest BCUT2D eigenvalue weighted by Crippen LogP contribution is 2.30. The van der Waals surface area contributed by atoms with E-state index in [4.69, 9.17) is 5.11 Å². The minimum Gasteiger partial charge on any atom is -0.480 e. The summed E-state index contributed by atoms with van der Waals surface area (Å²) in [5.41, 5.74) is -0.630. The highest BCUT2D eigenvalue weighted by molar-refractivity contribution is 7.83. The summed E-state index contributed by atoms with van der Waals surface area (Å²) >= 11 is 3.87. The summed E-state index contributed by atoms with van der Waals surface area (Å²) < 4.78 is -1.58. The Kier molecular flexibility index (Phi) is 3.55. The number of carbonyl (C=O) groups is 2. The Hall–Kier alpha value is -0.510. The molecular weight excluding hydrogens is 188 g/mol. The number of Topliss-reactive ketones (excluding diaryl/α,β-unsaturated/α-hetero) is 1. The fourth-order valence-electron chi connectivity index (χ4n) is 0.917. The molecule has 1 atom stereocenters. The molecule has 0 aliphatic rings. The Balaban J connectivity index is 4.90. The highest BCUT2D eigenvalue weighted by atomic mass is 32.1. The lowest BCUT2D eigenvalue weighted by atomic mass is 9.79. The zero-order chi connectivity index (χ0) is 10.9. The van der Waals surface area contributed by atoms with Crippen molar-refractivity contribution in [2.45, 2.75) is 38.9 Å². The lowest BCUT2D eigenvalue weighted by Gasteiger charge is -2.28. The molecule has 0 aromatic carbocycles. The Morgan fingerprint density at radius 2 is 1.69 bits per heavy atom. The Morgan fingerprint density at radius 3 is 1.92 bits per heavy atom. The van der Waals surface area contributed by atoms with Crippen molar-refractivity contribution in [3.63, 3.8) is 0 Å². The van der Waals surface area contributed by atoms with Gasteiger partial charge in [0.15, 0.2) is 10.5 Å². The topological polar surface area (TPSA) is 54.4 Å². The fourth-order valence-corrected chi connectivity index (χ4v) is 1.22. The van der Waals surface area contributed by atoms with Crippen LogP contribution in [0.25, 0.3) is 0 Å². The van der Waals surface area contributed by atoms with Crippen molar-refractivity contribution in [2.75, 3.05) is 0 Å². The van der Waals surface area contributed by atoms with E-state index in [1.54, 1.807) is 13.8 Å². The van der Waals surface area contributed by atoms with Gasteiger partial charge >= 0.3 is 5.97 Å². The largest absolute Gasteiger partial charge is 0.480 e. The predicted octanol–water partition coefficient (Wildman–Crippen LogP) is 1.76. The number of rotatable bonds is 4. The van der Waals surface area contributed by atoms with Crippen LogP contribution in [0.5, 0.6) is 0 Å². The van der Waals surface area contributed by atoms with E-state index in [0.29, 0.717) is 6.42 Å². The molecule has 0 radical (unpaired) electrons. The molecule has 0 bridgehead atoms. The molecule has 0 aliphatic heterocycles. The van der Waals surface area contributed by atoms with Crippen LogP contribution in [0.1, 0.15) is 34.1 Å². The summed E-state index contributed by atoms with van der Waals surface area (Å²) in [7, 11) is 0. The second-order valence-corrected chi connectivity index (χ2v) is 4.84. The Morgan fingerprint density at radius 1 is 1.31 bits per heavy atom. The van der Waals surface area contributed by atoms with Crippen molar-refractivity contribution >= 4 is 24.4 Å². The molecule has 0 unspecified atom stereocenters. The van der Waals surface area contributed by atoms with Crippen molar-refractivity contribution in [3.05, 3.63) is 0 Å². The van der Waals surface area contributed by atoms with E-state index in [0.717, 1.165) is 0 Å². The van der Waals surface area contributed by atoms with E-state index in [9.17, 15) is 9.59 Å². The van der Waals surface area contributed by atoms with Crippen LogP contribution in [0.3, 0.4) is 0 Å². The van der Waals surface area contributed by atoms with Gasteiger partial charge in [-0.1, -0.05) is 20.8 Å². The number of thiol groups is 1. The number of carbonyl (C=O) groups excluding carboxylic acids is 1. The summed E-state index contributed by atoms with van der Waals surface area (Å²) in [6.07, 6.45) is 0.606. The predicted molar refractivity (Wildman–Crippen MR) is 54.1 cm³/mol. The minimum absolute atomic E-state index is 0.349. The second kappa shape index (κ2) is 3.70. The van der Waals surface area contributed by atoms with Crippen LogP contribution in [0, 0.1) is 5.41 Å². The lowest BCUT2D eigenvalue weighted by Crippen LogP contribution is -2.45. The molecule has 0 saturated carbocycles. The van der Waals surface area contributed by atoms with Gasteiger partial charge in [0, 0.05) is 5.41 Å². The normalized spacial score (nSPS) is 16.4. The first-order valence-electron chi connectivity index (χ1n) is 4.17. The monoisotopic (exact) mass is 204 g/mol. The molecule has 0 fully saturated rings. The maximum absolute atomic E-state index is 11.7. The SMILES string of the molecule is CCC(C)(C)C(=O)[C@](C)(S)C(=O)O. The molecule has 0 aromatic heterocycles. The fraction of sp³-hybridized carbons (Fsp3) is 0.778. The van der Waals surface area contributed by atoms with Crippen LogP contribution < -0.4 is 0 Å². The molecule has 13 heavy (non-hydrogen) atoms. The molecule has 0 saturated heterocycles. The van der Waals surface area contributed by atoms with E-state index in [2.05, 4.69) is 12.6 Å². The van der Waals surface area contributed by atoms with Gasteiger partial charge in [-0.05, 0) is 13.3 Å². The van der Waals surface area contributed by atoms with Crippen LogP contribution in [0.4, 0.5) is 0 Å². The van der Waals surface area contributed by atoms with Gasteiger partial charge in [0.05, 0.1) is 0 Å². The Bertz CT molecular complexity index is 231. The molecule has 3 nitrogen and oxygen atoms in total. The zero-order valence-corrected chi connectivity index (χ0v) is 9.31. The first kappa shape index (κ1) is 12.5. The molecule has 0 aromatic rings. The van der Waals surface area contributed by atoms with E-state index < -0.39 is 16.1 Å². The molecular formula is C9H16O3S. The van der Waals surface area contributed by atoms with Gasteiger partial charge in [0.1, 0.15) is 0 Å². The van der Waals surface area contributed by atoms with E-state index >= 15 is 0 Å². The summed E-state index contributed by atoms with van der Waals surface area (Å²) in [5, 5.41) is 8.77. The minimum atomic E-state index is -1.58. The van der Waals surface area contributed by atoms with Gasteiger partial charge in [-0.25, -0.2) is 0 Å². The van der Waals surface area contributed by atoms with Crippen LogP contribution in [-0.4, -0.2) is 21.6 Å². The average Bonchev–Trinajstić information content (AvgIpc) is 2.02. The molecule has 0 aliphatic carbocycles. The average molecular weight is 204 g/mol. The van der Waals surface area contributed by atoms with Gasteiger partial charge in [0.2, 0.25) is 0 Å². The molecule has 0 rings (SSSR count). The second-order valence-electron chi connectivity index (χ2n) is 3.94. The van der Waals surface area contributed by atoms with Gasteiger partial charge in [-0.2, -0.15) is 12.6 Å². The first-order valence-corrected chi connectivity index (χ1v) is 4.61. The zero-order valence-electron chi connectivity index (χ0n) is 8.42. The Labute approximate surface area is 83.9 Å². The summed E-state index contributed by atoms with van der Waals surface area (Å²) in [6.45, 7) is 6.63. The van der Waals surface area contributed by atoms with Crippen LogP contribution in [0.2, 0.25) is 0 Å². The molecule has 1 N–H and O–H groups in total. The third-order valence-corrected chi connectivity index (χ3v) is 2.75. The third kappa shape index (κ3) is 2.46. The molecule has 0 amide bonds. The van der Waals surface area contributed by atoms with Gasteiger partial charge in [-0.15, -0.1) is 0 Å². The van der Waals surface area contributed by atoms with Gasteiger partial charge < -0.3 is 5.11 Å². The van der Waals surface area contributed by atoms with Gasteiger partial charge in [-0.3, -0.25) is 9.59 Å². The summed E-state index contributed by atoms with van der Waals surface area (Å²) in [5.74, 6) is -1.54. The first-order chi connectivity index (χ1) is 5.66. The number of ketones is 1. The third-order valence-electron chi connectivity index (χ3n) is 2.36. The summed E-state index contributed by atoms with van der Waals surface area (Å²) in [6, 6.07) is 0. The highest BCUT2D eigenvalue weighted by Gasteiger charge is 2.44. The van der Waals surface area contributed by atoms with Crippen LogP contribution in [-0.2, 0) is 9.59 Å². The molecule has 0 spiro atoms. The number of hydrogen-bond donors (Lipinski definition) is 2.